The number of rotatable bonds is 10. The number of imidazole rings is 2. The normalized spacial score (nSPS) is 18.7. The van der Waals surface area contributed by atoms with Crippen LogP contribution in [0, 0.1) is 25.7 Å². The van der Waals surface area contributed by atoms with Crippen molar-refractivity contribution in [1.29, 1.82) is 0 Å². The number of hydrogen-bond donors (Lipinski definition) is 1. The van der Waals surface area contributed by atoms with Crippen LogP contribution in [0.15, 0.2) is 138 Å². The van der Waals surface area contributed by atoms with E-state index in [1.807, 2.05) is 67.0 Å². The molecular weight excluding hydrogens is 901 g/mol. The third kappa shape index (κ3) is 7.98. The smallest absolute Gasteiger partial charge is 0.410 e. The van der Waals surface area contributed by atoms with Crippen LogP contribution in [-0.4, -0.2) is 90.7 Å². The molecule has 0 aliphatic carbocycles. The lowest BCUT2D eigenvalue weighted by molar-refractivity contribution is 0.103. The van der Waals surface area contributed by atoms with Gasteiger partial charge in [0.15, 0.2) is 22.6 Å². The first kappa shape index (κ1) is 44.9. The minimum absolute atomic E-state index is 0.0110. The topological polar surface area (TPSA) is 180 Å². The molecule has 0 spiro atoms. The second kappa shape index (κ2) is 18.0. The van der Waals surface area contributed by atoms with Crippen LogP contribution in [0.3, 0.4) is 0 Å². The fourth-order valence-electron chi connectivity index (χ4n) is 9.74. The predicted octanol–water partition coefficient (Wildman–Crippen LogP) is 7.93. The van der Waals surface area contributed by atoms with E-state index in [0.29, 0.717) is 47.4 Å². The highest BCUT2D eigenvalue weighted by molar-refractivity contribution is 7.90. The Kier molecular flexibility index (Phi) is 11.9. The summed E-state index contributed by atoms with van der Waals surface area (Å²) in [5, 5.41) is 3.47. The van der Waals surface area contributed by atoms with Gasteiger partial charge >= 0.3 is 6.09 Å². The van der Waals surface area contributed by atoms with Gasteiger partial charge in [-0.15, -0.1) is 0 Å². The highest BCUT2D eigenvalue weighted by Crippen LogP contribution is 2.37. The maximum absolute atomic E-state index is 13.5. The maximum atomic E-state index is 13.5. The first-order chi connectivity index (χ1) is 32.9. The van der Waals surface area contributed by atoms with E-state index in [-0.39, 0.29) is 34.3 Å². The summed E-state index contributed by atoms with van der Waals surface area (Å²) in [6.45, 7) is 11.4. The summed E-state index contributed by atoms with van der Waals surface area (Å²) in [5.41, 5.74) is 8.47. The van der Waals surface area contributed by atoms with Crippen molar-refractivity contribution in [3.8, 4) is 0 Å². The van der Waals surface area contributed by atoms with Crippen molar-refractivity contribution in [2.75, 3.05) is 26.2 Å². The SMILES string of the molecule is CC[C@@H]1CN(C(=O)OCc2ccccc2)C[C@@H]1c1cnc2cnc3c(ccn3S(=O)(=O)c3ccc(C)cc3)n12.CC[C@@H]1CNC[C@@H]1c1cnc2cnc3c(ccn3S(=O)(=O)c3ccc(C)cc3)n12. The van der Waals surface area contributed by atoms with Gasteiger partial charge in [-0.3, -0.25) is 8.80 Å². The zero-order valence-corrected chi connectivity index (χ0v) is 39.8. The third-order valence-electron chi connectivity index (χ3n) is 13.5. The Hall–Kier alpha value is -6.89. The van der Waals surface area contributed by atoms with Gasteiger partial charge in [0, 0.05) is 67.6 Å². The van der Waals surface area contributed by atoms with Crippen molar-refractivity contribution in [3.05, 3.63) is 156 Å². The van der Waals surface area contributed by atoms with E-state index in [0.717, 1.165) is 65.2 Å². The van der Waals surface area contributed by atoms with Crippen LogP contribution in [0.2, 0.25) is 0 Å². The van der Waals surface area contributed by atoms with E-state index in [9.17, 15) is 21.6 Å². The Morgan fingerprint density at radius 3 is 1.65 bits per heavy atom. The summed E-state index contributed by atoms with van der Waals surface area (Å²) in [7, 11) is -7.57. The Morgan fingerprint density at radius 2 is 1.13 bits per heavy atom. The largest absolute Gasteiger partial charge is 0.445 e. The quantitative estimate of drug-likeness (QED) is 0.141. The molecule has 8 heterocycles. The van der Waals surface area contributed by atoms with Crippen LogP contribution in [0.4, 0.5) is 4.79 Å². The number of ether oxygens (including phenoxy) is 1. The van der Waals surface area contributed by atoms with Crippen molar-refractivity contribution >= 4 is 59.8 Å². The van der Waals surface area contributed by atoms with Gasteiger partial charge in [0.1, 0.15) is 6.61 Å². The number of hydrogen-bond acceptors (Lipinski definition) is 11. The first-order valence-electron chi connectivity index (χ1n) is 22.8. The summed E-state index contributed by atoms with van der Waals surface area (Å²) >= 11 is 0. The highest BCUT2D eigenvalue weighted by Gasteiger charge is 2.38. The molecular formula is C50H52N10O6S2. The van der Waals surface area contributed by atoms with Gasteiger partial charge in [0.05, 0.1) is 33.2 Å². The summed E-state index contributed by atoms with van der Waals surface area (Å²) in [6, 6.07) is 26.8. The lowest BCUT2D eigenvalue weighted by Crippen LogP contribution is -2.29. The van der Waals surface area contributed by atoms with E-state index >= 15 is 0 Å². The van der Waals surface area contributed by atoms with Crippen LogP contribution < -0.4 is 5.32 Å². The van der Waals surface area contributed by atoms with Gasteiger partial charge in [-0.05, 0) is 74.2 Å². The van der Waals surface area contributed by atoms with Crippen molar-refractivity contribution in [3.63, 3.8) is 0 Å². The molecule has 9 aromatic rings. The molecule has 0 unspecified atom stereocenters. The third-order valence-corrected chi connectivity index (χ3v) is 16.9. The number of nitrogens with zero attached hydrogens (tertiary/aromatic N) is 9. The fraction of sp³-hybridized carbons (Fsp3) is 0.300. The van der Waals surface area contributed by atoms with Gasteiger partial charge < -0.3 is 15.0 Å². The molecule has 2 aliphatic heterocycles. The molecule has 3 aromatic carbocycles. The van der Waals surface area contributed by atoms with Gasteiger partial charge in [-0.1, -0.05) is 92.4 Å². The van der Waals surface area contributed by atoms with Gasteiger partial charge in [0.2, 0.25) is 0 Å². The predicted molar refractivity (Wildman–Crippen MR) is 259 cm³/mol. The number of aromatic nitrogens is 8. The van der Waals surface area contributed by atoms with Gasteiger partial charge in [-0.25, -0.2) is 49.5 Å². The molecule has 2 fully saturated rings. The van der Waals surface area contributed by atoms with E-state index < -0.39 is 20.0 Å². The summed E-state index contributed by atoms with van der Waals surface area (Å²) < 4.78 is 65.5. The van der Waals surface area contributed by atoms with Crippen LogP contribution in [0.25, 0.3) is 33.6 Å². The lowest BCUT2D eigenvalue weighted by Gasteiger charge is -2.17. The molecule has 2 aliphatic rings. The van der Waals surface area contributed by atoms with Gasteiger partial charge in [0.25, 0.3) is 20.0 Å². The van der Waals surface area contributed by atoms with E-state index in [4.69, 9.17) is 4.74 Å². The first-order valence-corrected chi connectivity index (χ1v) is 25.7. The molecule has 6 aromatic heterocycles. The Bertz CT molecular complexity index is 3530. The maximum Gasteiger partial charge on any atom is 0.410 e. The molecule has 11 rings (SSSR count). The molecule has 1 N–H and O–H groups in total. The number of carbonyl (C=O) groups excluding carboxylic acids is 1. The van der Waals surface area contributed by atoms with Crippen LogP contribution >= 0.6 is 0 Å². The molecule has 1 amide bonds. The monoisotopic (exact) mass is 952 g/mol. The zero-order valence-electron chi connectivity index (χ0n) is 38.2. The Balaban J connectivity index is 0.000000165. The van der Waals surface area contributed by atoms with E-state index in [1.165, 1.54) is 14.1 Å². The summed E-state index contributed by atoms with van der Waals surface area (Å²) in [6.07, 6.45) is 11.7. The minimum atomic E-state index is -3.84. The highest BCUT2D eigenvalue weighted by atomic mass is 32.2. The average Bonchev–Trinajstić information content (AvgIpc) is 4.21. The lowest BCUT2D eigenvalue weighted by atomic mass is 9.91. The minimum Gasteiger partial charge on any atom is -0.445 e. The standard InChI is InChI=1S/C29H29N5O4S.C21H23N5O2S/c1-3-22-17-32(29(35)38-19-21-7-5-4-6-8-21)18-24(22)26-15-30-27-16-31-28-25(34(26)27)13-14-33(28)39(36,37)23-11-9-20(2)10-12-23;1-3-15-10-22-11-17(15)19-12-23-20-13-24-21-18(26(19)20)8-9-25(21)29(27,28)16-6-4-14(2)5-7-16/h4-16,22,24H,3,17-19H2,1-2H3;4-9,12-13,15,17,22H,3,10-11H2,1-2H3/t22-,24+;15-,17+/m11/s1. The fourth-order valence-corrected chi connectivity index (χ4v) is 12.3. The molecule has 4 atom stereocenters. The number of amides is 1. The number of likely N-dealkylation sites (tertiary alicyclic amines) is 1. The second-order valence-corrected chi connectivity index (χ2v) is 21.3. The number of nitrogens with one attached hydrogen (secondary N) is 1. The summed E-state index contributed by atoms with van der Waals surface area (Å²) in [4.78, 5) is 33.2. The summed E-state index contributed by atoms with van der Waals surface area (Å²) in [5.74, 6) is 1.10. The molecule has 0 radical (unpaired) electrons. The second-order valence-electron chi connectivity index (χ2n) is 17.7. The van der Waals surface area contributed by atoms with Crippen molar-refractivity contribution in [2.24, 2.45) is 11.8 Å². The molecule has 18 heteroatoms. The number of benzene rings is 3. The molecule has 68 heavy (non-hydrogen) atoms. The van der Waals surface area contributed by atoms with Crippen LogP contribution in [-0.2, 0) is 31.4 Å². The molecule has 2 saturated heterocycles. The van der Waals surface area contributed by atoms with E-state index in [1.54, 1.807) is 78.1 Å². The van der Waals surface area contributed by atoms with E-state index in [2.05, 4.69) is 43.5 Å². The Morgan fingerprint density at radius 1 is 0.618 bits per heavy atom. The van der Waals surface area contributed by atoms with Gasteiger partial charge in [-0.2, -0.15) is 0 Å². The number of fused-ring (bicyclic) bond motifs is 6. The Labute approximate surface area is 394 Å². The van der Waals surface area contributed by atoms with Crippen LogP contribution in [0.1, 0.15) is 66.6 Å². The number of aryl methyl sites for hydroxylation is 2. The zero-order chi connectivity index (χ0) is 47.3. The molecule has 350 valence electrons. The average molecular weight is 953 g/mol. The van der Waals surface area contributed by atoms with Crippen LogP contribution in [0.5, 0.6) is 0 Å². The molecule has 0 saturated carbocycles. The number of carbonyl (C=O) groups is 1. The van der Waals surface area contributed by atoms with Crippen molar-refractivity contribution in [2.45, 2.75) is 68.8 Å². The molecule has 0 bridgehead atoms. The van der Waals surface area contributed by atoms with Crippen molar-refractivity contribution in [1.82, 2.24) is 46.9 Å². The van der Waals surface area contributed by atoms with Crippen molar-refractivity contribution < 1.29 is 26.4 Å². The molecule has 16 nitrogen and oxygen atoms in total.